The van der Waals surface area contributed by atoms with E-state index >= 15 is 0 Å². The monoisotopic (exact) mass is 1610 g/mol. The highest BCUT2D eigenvalue weighted by Crippen LogP contribution is 2.45. The highest BCUT2D eigenvalue weighted by atomic mass is 31.2. The van der Waals surface area contributed by atoms with E-state index in [0.717, 1.165) is 102 Å². The van der Waals surface area contributed by atoms with Gasteiger partial charge in [-0.15, -0.1) is 0 Å². The summed E-state index contributed by atoms with van der Waals surface area (Å²) in [7, 11) is -9.94. The first-order chi connectivity index (χ1) is 53.4. The van der Waals surface area contributed by atoms with Gasteiger partial charge in [0.05, 0.1) is 26.4 Å². The van der Waals surface area contributed by atoms with Crippen LogP contribution in [-0.2, 0) is 65.4 Å². The molecule has 0 saturated heterocycles. The maximum absolute atomic E-state index is 13.2. The molecule has 110 heavy (non-hydrogen) atoms. The Morgan fingerprint density at radius 3 is 0.645 bits per heavy atom. The van der Waals surface area contributed by atoms with E-state index in [1.165, 1.54) is 308 Å². The molecule has 0 fully saturated rings. The van der Waals surface area contributed by atoms with Crippen molar-refractivity contribution in [3.63, 3.8) is 0 Å². The van der Waals surface area contributed by atoms with E-state index in [2.05, 4.69) is 41.5 Å². The van der Waals surface area contributed by atoms with Gasteiger partial charge in [0.15, 0.2) is 12.2 Å². The van der Waals surface area contributed by atoms with E-state index in [4.69, 9.17) is 37.0 Å². The second-order valence-corrected chi connectivity index (χ2v) is 36.1. The summed E-state index contributed by atoms with van der Waals surface area (Å²) in [6.45, 7) is 9.76. The van der Waals surface area contributed by atoms with Crippen LogP contribution in [0.4, 0.5) is 0 Å². The van der Waals surface area contributed by atoms with Gasteiger partial charge in [-0.05, 0) is 37.5 Å². The lowest BCUT2D eigenvalue weighted by molar-refractivity contribution is -0.161. The van der Waals surface area contributed by atoms with Crippen LogP contribution in [0.5, 0.6) is 0 Å². The molecule has 0 radical (unpaired) electrons. The Labute approximate surface area is 677 Å². The predicted molar refractivity (Wildman–Crippen MR) is 455 cm³/mol. The Hall–Kier alpha value is -1.94. The molecule has 7 atom stereocenters. The topological polar surface area (TPSA) is 237 Å². The molecule has 4 unspecified atom stereocenters. The van der Waals surface area contributed by atoms with Crippen LogP contribution in [0.2, 0.25) is 0 Å². The summed E-state index contributed by atoms with van der Waals surface area (Å²) in [6.07, 6.45) is 76.4. The molecule has 0 aliphatic carbocycles. The molecule has 19 heteroatoms. The number of hydrogen-bond donors (Lipinski definition) is 3. The van der Waals surface area contributed by atoms with Crippen LogP contribution in [-0.4, -0.2) is 96.7 Å². The molecule has 0 aliphatic rings. The van der Waals surface area contributed by atoms with Gasteiger partial charge in [-0.25, -0.2) is 9.13 Å². The fraction of sp³-hybridized carbons (Fsp3) is 0.956. The van der Waals surface area contributed by atoms with E-state index in [-0.39, 0.29) is 25.7 Å². The summed E-state index contributed by atoms with van der Waals surface area (Å²) in [5.74, 6) is -0.469. The van der Waals surface area contributed by atoms with Crippen molar-refractivity contribution >= 4 is 39.5 Å². The van der Waals surface area contributed by atoms with E-state index in [1.807, 2.05) is 0 Å². The summed E-state index contributed by atoms with van der Waals surface area (Å²) in [4.78, 5) is 73.4. The number of phosphoric ester groups is 2. The average Bonchev–Trinajstić information content (AvgIpc) is 0.899. The number of carbonyl (C=O) groups is 4. The summed E-state index contributed by atoms with van der Waals surface area (Å²) < 4.78 is 69.1. The molecule has 0 saturated carbocycles. The van der Waals surface area contributed by atoms with Crippen LogP contribution in [0.1, 0.15) is 491 Å². The zero-order valence-corrected chi connectivity index (χ0v) is 74.4. The third kappa shape index (κ3) is 81.2. The molecule has 0 aliphatic heterocycles. The number of unbranched alkanes of at least 4 members (excludes halogenated alkanes) is 58. The summed E-state index contributed by atoms with van der Waals surface area (Å²) in [5.41, 5.74) is 0. The van der Waals surface area contributed by atoms with Crippen LogP contribution in [0.3, 0.4) is 0 Å². The summed E-state index contributed by atoms with van der Waals surface area (Å²) >= 11 is 0. The lowest BCUT2D eigenvalue weighted by atomic mass is 9.99. The standard InChI is InChI=1S/C91H178O17P2/c1-7-11-13-15-17-19-21-23-25-27-29-30-31-32-34-36-42-46-50-58-64-70-75-90(95)107-86(79-101-88(93)73-67-61-55-48-44-40-38-37-39-43-47-53-59-65-71-83(5)9-3)81-105-109(97,98)103-77-85(92)78-104-110(99,100)106-82-87(80-102-89(94)74-68-62-56-52-51-54-60-66-72-84(6)10-4)108-91(96)76-69-63-57-49-45-41-35-33-28-26-24-22-20-18-16-14-12-8-2/h83-87,92H,7-82H2,1-6H3,(H,97,98)(H,99,100)/t83?,84?,85-,86-,87-/m1/s1. The molecule has 3 N–H and O–H groups in total. The predicted octanol–water partition coefficient (Wildman–Crippen LogP) is 28.2. The number of aliphatic hydroxyl groups is 1. The molecule has 0 aromatic carbocycles. The average molecular weight is 1610 g/mol. The van der Waals surface area contributed by atoms with Crippen LogP contribution >= 0.6 is 15.6 Å². The molecule has 0 spiro atoms. The van der Waals surface area contributed by atoms with Gasteiger partial charge in [-0.2, -0.15) is 0 Å². The SMILES string of the molecule is CCCCCCCCCCCCCCCCCCCCCCCCC(=O)O[C@H](COC(=O)CCCCCCCCCCCCCCCCC(C)CC)COP(=O)(O)OC[C@@H](O)COP(=O)(O)OC[C@@H](COC(=O)CCCCCCCCCCC(C)CC)OC(=O)CCCCCCCCCCCCCCCCCCCC. The molecule has 0 rings (SSSR count). The molecule has 654 valence electrons. The highest BCUT2D eigenvalue weighted by Gasteiger charge is 2.31. The molecule has 0 bridgehead atoms. The van der Waals surface area contributed by atoms with Crippen LogP contribution in [0, 0.1) is 11.8 Å². The van der Waals surface area contributed by atoms with Crippen LogP contribution < -0.4 is 0 Å². The van der Waals surface area contributed by atoms with Gasteiger partial charge in [0.1, 0.15) is 19.3 Å². The molecule has 17 nitrogen and oxygen atoms in total. The number of esters is 4. The number of carbonyl (C=O) groups excluding carboxylic acids is 4. The Balaban J connectivity index is 5.25. The van der Waals surface area contributed by atoms with Crippen molar-refractivity contribution in [3.05, 3.63) is 0 Å². The van der Waals surface area contributed by atoms with E-state index in [9.17, 15) is 43.2 Å². The number of rotatable bonds is 90. The van der Waals surface area contributed by atoms with Gasteiger partial charge in [-0.1, -0.05) is 440 Å². The molecule has 0 amide bonds. The van der Waals surface area contributed by atoms with Crippen molar-refractivity contribution in [1.29, 1.82) is 0 Å². The van der Waals surface area contributed by atoms with Crippen molar-refractivity contribution in [2.45, 2.75) is 509 Å². The van der Waals surface area contributed by atoms with Crippen molar-refractivity contribution < 1.29 is 80.2 Å². The zero-order valence-electron chi connectivity index (χ0n) is 72.6. The Morgan fingerprint density at radius 2 is 0.436 bits per heavy atom. The third-order valence-corrected chi connectivity index (χ3v) is 24.1. The minimum absolute atomic E-state index is 0.108. The zero-order chi connectivity index (χ0) is 80.6. The Bertz CT molecular complexity index is 2100. The molecule has 0 heterocycles. The summed E-state index contributed by atoms with van der Waals surface area (Å²) in [5, 5.41) is 10.7. The van der Waals surface area contributed by atoms with Gasteiger partial charge in [0.2, 0.25) is 0 Å². The molecule has 0 aromatic rings. The van der Waals surface area contributed by atoms with Crippen LogP contribution in [0.15, 0.2) is 0 Å². The maximum atomic E-state index is 13.2. The molecular weight excluding hydrogens is 1430 g/mol. The third-order valence-electron chi connectivity index (χ3n) is 22.2. The normalized spacial score (nSPS) is 14.2. The first-order valence-electron chi connectivity index (χ1n) is 47.1. The fourth-order valence-electron chi connectivity index (χ4n) is 14.2. The van der Waals surface area contributed by atoms with E-state index in [0.29, 0.717) is 25.7 Å². The van der Waals surface area contributed by atoms with Gasteiger partial charge < -0.3 is 33.8 Å². The van der Waals surface area contributed by atoms with Gasteiger partial charge >= 0.3 is 39.5 Å². The van der Waals surface area contributed by atoms with Crippen molar-refractivity contribution in [2.24, 2.45) is 11.8 Å². The van der Waals surface area contributed by atoms with Crippen molar-refractivity contribution in [1.82, 2.24) is 0 Å². The smallest absolute Gasteiger partial charge is 0.462 e. The Kier molecular flexibility index (Phi) is 80.7. The maximum Gasteiger partial charge on any atom is 0.472 e. The number of hydrogen-bond acceptors (Lipinski definition) is 15. The highest BCUT2D eigenvalue weighted by molar-refractivity contribution is 7.47. The van der Waals surface area contributed by atoms with E-state index < -0.39 is 97.5 Å². The minimum atomic E-state index is -4.97. The first kappa shape index (κ1) is 108. The molecular formula is C91H178O17P2. The lowest BCUT2D eigenvalue weighted by Crippen LogP contribution is -2.30. The minimum Gasteiger partial charge on any atom is -0.462 e. The Morgan fingerprint density at radius 1 is 0.255 bits per heavy atom. The summed E-state index contributed by atoms with van der Waals surface area (Å²) in [6, 6.07) is 0. The fourth-order valence-corrected chi connectivity index (χ4v) is 15.8. The number of phosphoric acid groups is 2. The van der Waals surface area contributed by atoms with Gasteiger partial charge in [0, 0.05) is 25.7 Å². The number of aliphatic hydroxyl groups excluding tert-OH is 1. The second kappa shape index (κ2) is 82.2. The van der Waals surface area contributed by atoms with Crippen molar-refractivity contribution in [2.75, 3.05) is 39.6 Å². The second-order valence-electron chi connectivity index (χ2n) is 33.2. The van der Waals surface area contributed by atoms with Gasteiger partial charge in [0.25, 0.3) is 0 Å². The quantitative estimate of drug-likeness (QED) is 0.0222. The number of ether oxygens (including phenoxy) is 4. The van der Waals surface area contributed by atoms with Gasteiger partial charge in [-0.3, -0.25) is 37.3 Å². The molecule has 0 aromatic heterocycles. The van der Waals surface area contributed by atoms with E-state index in [1.54, 1.807) is 0 Å². The van der Waals surface area contributed by atoms with Crippen LogP contribution in [0.25, 0.3) is 0 Å². The van der Waals surface area contributed by atoms with Crippen molar-refractivity contribution in [3.8, 4) is 0 Å². The largest absolute Gasteiger partial charge is 0.472 e. The first-order valence-corrected chi connectivity index (χ1v) is 50.1. The lowest BCUT2D eigenvalue weighted by Gasteiger charge is -2.21.